The molecule has 0 aromatic heterocycles. The highest BCUT2D eigenvalue weighted by Crippen LogP contribution is 2.61. The van der Waals surface area contributed by atoms with Gasteiger partial charge in [-0.1, -0.05) is 20.3 Å². The van der Waals surface area contributed by atoms with E-state index in [0.29, 0.717) is 0 Å². The molecule has 4 rings (SSSR count). The third-order valence-corrected chi connectivity index (χ3v) is 6.52. The summed E-state index contributed by atoms with van der Waals surface area (Å²) in [5.41, 5.74) is 0.742. The summed E-state index contributed by atoms with van der Waals surface area (Å²) in [6, 6.07) is 0.756. The van der Waals surface area contributed by atoms with Gasteiger partial charge in [0.15, 0.2) is 0 Å². The number of hydrogen-bond acceptors (Lipinski definition) is 1. The smallest absolute Gasteiger partial charge is 0.00948 e. The van der Waals surface area contributed by atoms with Crippen molar-refractivity contribution in [2.45, 2.75) is 71.3 Å². The summed E-state index contributed by atoms with van der Waals surface area (Å²) in [6.07, 6.45) is 12.2. The lowest BCUT2D eigenvalue weighted by atomic mass is 9.48. The first-order valence-corrected chi connectivity index (χ1v) is 8.31. The molecule has 4 saturated carbocycles. The molecule has 1 nitrogen and oxygen atoms in total. The zero-order valence-corrected chi connectivity index (χ0v) is 12.5. The minimum atomic E-state index is 0.742. The summed E-state index contributed by atoms with van der Waals surface area (Å²) in [4.78, 5) is 0. The lowest BCUT2D eigenvalue weighted by molar-refractivity contribution is -0.0642. The highest BCUT2D eigenvalue weighted by atomic mass is 14.9. The molecule has 4 aliphatic carbocycles. The predicted octanol–water partition coefficient (Wildman–Crippen LogP) is 4.23. The van der Waals surface area contributed by atoms with Crippen LogP contribution in [-0.4, -0.2) is 13.1 Å². The zero-order chi connectivity index (χ0) is 12.8. The fourth-order valence-electron chi connectivity index (χ4n) is 5.88. The summed E-state index contributed by atoms with van der Waals surface area (Å²) in [6.45, 7) is 4.77. The van der Waals surface area contributed by atoms with Crippen LogP contribution >= 0.6 is 0 Å². The molecule has 0 aromatic carbocycles. The molecule has 0 amide bonds. The monoisotopic (exact) mass is 249 g/mol. The van der Waals surface area contributed by atoms with E-state index in [-0.39, 0.29) is 0 Å². The van der Waals surface area contributed by atoms with E-state index in [4.69, 9.17) is 0 Å². The van der Waals surface area contributed by atoms with Crippen LogP contribution in [0.5, 0.6) is 0 Å². The molecule has 0 aromatic rings. The lowest BCUT2D eigenvalue weighted by Gasteiger charge is -2.58. The summed E-state index contributed by atoms with van der Waals surface area (Å²) in [5.74, 6) is 4.14. The maximum Gasteiger partial charge on any atom is 0.00948 e. The minimum Gasteiger partial charge on any atom is -0.317 e. The van der Waals surface area contributed by atoms with Gasteiger partial charge in [-0.15, -0.1) is 0 Å². The van der Waals surface area contributed by atoms with E-state index in [1.807, 2.05) is 0 Å². The van der Waals surface area contributed by atoms with Gasteiger partial charge in [-0.2, -0.15) is 0 Å². The Hall–Kier alpha value is -0.0400. The van der Waals surface area contributed by atoms with E-state index in [1.54, 1.807) is 38.5 Å². The van der Waals surface area contributed by atoms with E-state index in [9.17, 15) is 0 Å². The summed E-state index contributed by atoms with van der Waals surface area (Å²) in [5, 5.41) is 3.63. The van der Waals surface area contributed by atoms with Gasteiger partial charge in [-0.25, -0.2) is 0 Å². The predicted molar refractivity (Wildman–Crippen MR) is 77.5 cm³/mol. The Labute approximate surface area is 113 Å². The molecule has 1 heteroatoms. The van der Waals surface area contributed by atoms with Crippen LogP contribution in [0, 0.1) is 29.1 Å². The van der Waals surface area contributed by atoms with Crippen molar-refractivity contribution >= 4 is 0 Å². The van der Waals surface area contributed by atoms with Crippen LogP contribution < -0.4 is 5.32 Å². The normalized spacial score (nSPS) is 45.2. The third kappa shape index (κ3) is 2.24. The summed E-state index contributed by atoms with van der Waals surface area (Å²) >= 11 is 0. The Kier molecular flexibility index (Phi) is 3.47. The van der Waals surface area contributed by atoms with Gasteiger partial charge in [0, 0.05) is 6.04 Å². The van der Waals surface area contributed by atoms with Crippen LogP contribution in [0.25, 0.3) is 0 Å². The van der Waals surface area contributed by atoms with Crippen LogP contribution in [0.1, 0.15) is 65.2 Å². The quantitative estimate of drug-likeness (QED) is 0.769. The number of nitrogens with one attached hydrogen (secondary N) is 1. The maximum atomic E-state index is 3.63. The molecule has 2 unspecified atom stereocenters. The molecular weight excluding hydrogens is 218 g/mol. The van der Waals surface area contributed by atoms with Crippen molar-refractivity contribution in [2.24, 2.45) is 29.1 Å². The van der Waals surface area contributed by atoms with Crippen molar-refractivity contribution in [1.29, 1.82) is 0 Å². The zero-order valence-electron chi connectivity index (χ0n) is 12.5. The highest BCUT2D eigenvalue weighted by Gasteiger charge is 2.51. The molecule has 104 valence electrons. The molecule has 4 fully saturated rings. The summed E-state index contributed by atoms with van der Waals surface area (Å²) < 4.78 is 0. The van der Waals surface area contributed by atoms with E-state index >= 15 is 0 Å². The standard InChI is InChI=1S/C17H31N/c1-4-12(2)16(18-3)11-17-8-13-5-14(9-17)7-15(6-13)10-17/h12-16,18H,4-11H2,1-3H3. The molecule has 1 N–H and O–H groups in total. The van der Waals surface area contributed by atoms with Crippen LogP contribution in [-0.2, 0) is 0 Å². The molecule has 0 saturated heterocycles. The van der Waals surface area contributed by atoms with Crippen molar-refractivity contribution in [3.05, 3.63) is 0 Å². The van der Waals surface area contributed by atoms with Crippen molar-refractivity contribution < 1.29 is 0 Å². The highest BCUT2D eigenvalue weighted by molar-refractivity contribution is 5.02. The van der Waals surface area contributed by atoms with Gasteiger partial charge in [-0.3, -0.25) is 0 Å². The second kappa shape index (κ2) is 4.81. The molecule has 18 heavy (non-hydrogen) atoms. The van der Waals surface area contributed by atoms with Gasteiger partial charge < -0.3 is 5.32 Å². The largest absolute Gasteiger partial charge is 0.317 e. The van der Waals surface area contributed by atoms with Crippen molar-refractivity contribution in [3.8, 4) is 0 Å². The first kappa shape index (κ1) is 13.0. The van der Waals surface area contributed by atoms with Crippen molar-refractivity contribution in [3.63, 3.8) is 0 Å². The van der Waals surface area contributed by atoms with E-state index < -0.39 is 0 Å². The Balaban J connectivity index is 1.71. The van der Waals surface area contributed by atoms with Gasteiger partial charge in [0.1, 0.15) is 0 Å². The van der Waals surface area contributed by atoms with Gasteiger partial charge >= 0.3 is 0 Å². The average Bonchev–Trinajstić information content (AvgIpc) is 2.33. The van der Waals surface area contributed by atoms with Crippen LogP contribution in [0.4, 0.5) is 0 Å². The second-order valence-corrected chi connectivity index (χ2v) is 7.90. The minimum absolute atomic E-state index is 0.742. The van der Waals surface area contributed by atoms with Crippen LogP contribution in [0.3, 0.4) is 0 Å². The Morgan fingerprint density at radius 1 is 1.06 bits per heavy atom. The first-order chi connectivity index (χ1) is 8.64. The molecule has 0 aliphatic heterocycles. The van der Waals surface area contributed by atoms with E-state index in [2.05, 4.69) is 26.2 Å². The Bertz CT molecular complexity index is 261. The van der Waals surface area contributed by atoms with Crippen molar-refractivity contribution in [1.82, 2.24) is 5.32 Å². The number of hydrogen-bond donors (Lipinski definition) is 1. The molecule has 2 atom stereocenters. The van der Waals surface area contributed by atoms with E-state index in [1.165, 1.54) is 12.8 Å². The van der Waals surface area contributed by atoms with Gasteiger partial charge in [0.05, 0.1) is 0 Å². The molecular formula is C17H31N. The lowest BCUT2D eigenvalue weighted by Crippen LogP contribution is -2.49. The second-order valence-electron chi connectivity index (χ2n) is 7.90. The average molecular weight is 249 g/mol. The molecule has 0 heterocycles. The Morgan fingerprint density at radius 3 is 1.94 bits per heavy atom. The first-order valence-electron chi connectivity index (χ1n) is 8.31. The van der Waals surface area contributed by atoms with Gasteiger partial charge in [-0.05, 0) is 81.1 Å². The van der Waals surface area contributed by atoms with Crippen LogP contribution in [0.15, 0.2) is 0 Å². The SMILES string of the molecule is CCC(C)C(CC12CC3CC(CC(C3)C1)C2)NC. The fraction of sp³-hybridized carbons (Fsp3) is 1.00. The molecule has 4 aliphatic rings. The maximum absolute atomic E-state index is 3.63. The molecule has 0 radical (unpaired) electrons. The topological polar surface area (TPSA) is 12.0 Å². The fourth-order valence-corrected chi connectivity index (χ4v) is 5.88. The summed E-state index contributed by atoms with van der Waals surface area (Å²) in [7, 11) is 2.18. The van der Waals surface area contributed by atoms with Gasteiger partial charge in [0.25, 0.3) is 0 Å². The van der Waals surface area contributed by atoms with Crippen molar-refractivity contribution in [2.75, 3.05) is 7.05 Å². The van der Waals surface area contributed by atoms with E-state index in [0.717, 1.165) is 35.1 Å². The number of rotatable bonds is 5. The van der Waals surface area contributed by atoms with Gasteiger partial charge in [0.2, 0.25) is 0 Å². The third-order valence-electron chi connectivity index (χ3n) is 6.52. The van der Waals surface area contributed by atoms with Crippen LogP contribution in [0.2, 0.25) is 0 Å². The molecule has 0 spiro atoms. The molecule has 4 bridgehead atoms. The Morgan fingerprint density at radius 2 is 1.56 bits per heavy atom.